The molecular weight excluding hydrogens is 361 g/mol. The van der Waals surface area contributed by atoms with E-state index in [1.165, 1.54) is 16.3 Å². The molecule has 0 aliphatic rings. The third-order valence-corrected chi connectivity index (χ3v) is 3.08. The van der Waals surface area contributed by atoms with Crippen LogP contribution in [0.4, 0.5) is 0 Å². The van der Waals surface area contributed by atoms with Gasteiger partial charge in [0.05, 0.1) is 6.54 Å². The van der Waals surface area contributed by atoms with Gasteiger partial charge in [0, 0.05) is 6.54 Å². The van der Waals surface area contributed by atoms with Crippen LogP contribution in [0.2, 0.25) is 0 Å². The van der Waals surface area contributed by atoms with Gasteiger partial charge >= 0.3 is 0 Å². The van der Waals surface area contributed by atoms with E-state index in [2.05, 4.69) is 59.7 Å². The topological polar surface area (TPSA) is 50.4 Å². The molecule has 20 heavy (non-hydrogen) atoms. The first-order valence-corrected chi connectivity index (χ1v) is 6.81. The smallest absolute Gasteiger partial charge is 0.188 e. The van der Waals surface area contributed by atoms with E-state index in [1.54, 1.807) is 0 Å². The maximum atomic E-state index is 5.81. The van der Waals surface area contributed by atoms with Crippen molar-refractivity contribution in [2.24, 2.45) is 10.7 Å². The predicted octanol–water partition coefficient (Wildman–Crippen LogP) is 3.66. The minimum atomic E-state index is 0. The molecule has 0 heterocycles. The number of hydrogen-bond donors (Lipinski definition) is 2. The second kappa shape index (κ2) is 8.79. The zero-order valence-corrected chi connectivity index (χ0v) is 14.1. The lowest BCUT2D eigenvalue weighted by molar-refractivity contribution is 0.748. The van der Waals surface area contributed by atoms with Crippen molar-refractivity contribution in [3.8, 4) is 0 Å². The molecule has 0 atom stereocenters. The lowest BCUT2D eigenvalue weighted by atomic mass is 10.1. The lowest BCUT2D eigenvalue weighted by Gasteiger charge is -2.05. The van der Waals surface area contributed by atoms with Gasteiger partial charge in [0.1, 0.15) is 0 Å². The van der Waals surface area contributed by atoms with E-state index in [1.807, 2.05) is 0 Å². The van der Waals surface area contributed by atoms with Crippen molar-refractivity contribution in [1.29, 1.82) is 0 Å². The molecule has 0 aliphatic heterocycles. The van der Waals surface area contributed by atoms with Crippen molar-refractivity contribution in [2.75, 3.05) is 6.54 Å². The van der Waals surface area contributed by atoms with Gasteiger partial charge in [-0.25, -0.2) is 4.99 Å². The summed E-state index contributed by atoms with van der Waals surface area (Å²) < 4.78 is 0. The van der Waals surface area contributed by atoms with Gasteiger partial charge in [-0.05, 0) is 28.8 Å². The zero-order valence-electron chi connectivity index (χ0n) is 11.8. The Kier molecular flexibility index (Phi) is 7.36. The molecule has 0 saturated heterocycles. The van der Waals surface area contributed by atoms with E-state index in [4.69, 9.17) is 5.73 Å². The van der Waals surface area contributed by atoms with Gasteiger partial charge in [-0.3, -0.25) is 0 Å². The summed E-state index contributed by atoms with van der Waals surface area (Å²) in [7, 11) is 0. The molecule has 2 rings (SSSR count). The molecule has 2 aromatic carbocycles. The summed E-state index contributed by atoms with van der Waals surface area (Å²) in [6.45, 7) is 3.67. The Morgan fingerprint density at radius 1 is 1.15 bits per heavy atom. The number of unbranched alkanes of at least 4 members (excludes halogenated alkanes) is 1. The van der Waals surface area contributed by atoms with E-state index in [-0.39, 0.29) is 24.0 Å². The molecule has 3 N–H and O–H groups in total. The van der Waals surface area contributed by atoms with Gasteiger partial charge in [-0.2, -0.15) is 0 Å². The first kappa shape index (κ1) is 16.8. The number of halogens is 1. The van der Waals surface area contributed by atoms with Crippen LogP contribution in [0.3, 0.4) is 0 Å². The average Bonchev–Trinajstić information content (AvgIpc) is 2.45. The third-order valence-electron chi connectivity index (χ3n) is 3.08. The maximum absolute atomic E-state index is 5.81. The lowest BCUT2D eigenvalue weighted by Crippen LogP contribution is -2.32. The monoisotopic (exact) mass is 383 g/mol. The van der Waals surface area contributed by atoms with Gasteiger partial charge < -0.3 is 11.1 Å². The number of hydrogen-bond acceptors (Lipinski definition) is 1. The van der Waals surface area contributed by atoms with Crippen LogP contribution in [0, 0.1) is 0 Å². The molecule has 108 valence electrons. The molecule has 4 heteroatoms. The molecule has 0 spiro atoms. The SMILES string of the molecule is CCCCNC(N)=NCc1ccc2ccccc2c1.I. The van der Waals surface area contributed by atoms with Crippen LogP contribution < -0.4 is 11.1 Å². The molecule has 0 amide bonds. The van der Waals surface area contributed by atoms with Crippen LogP contribution in [0.5, 0.6) is 0 Å². The molecule has 3 nitrogen and oxygen atoms in total. The van der Waals surface area contributed by atoms with E-state index >= 15 is 0 Å². The van der Waals surface area contributed by atoms with Crippen LogP contribution in [0.1, 0.15) is 25.3 Å². The highest BCUT2D eigenvalue weighted by Gasteiger charge is 1.96. The van der Waals surface area contributed by atoms with Gasteiger partial charge in [0.2, 0.25) is 0 Å². The Hall–Kier alpha value is -1.30. The average molecular weight is 383 g/mol. The van der Waals surface area contributed by atoms with Gasteiger partial charge in [0.15, 0.2) is 5.96 Å². The quantitative estimate of drug-likeness (QED) is 0.358. The summed E-state index contributed by atoms with van der Waals surface area (Å²) in [5.74, 6) is 0.529. The second-order valence-electron chi connectivity index (χ2n) is 4.66. The molecule has 0 fully saturated rings. The Morgan fingerprint density at radius 2 is 1.90 bits per heavy atom. The summed E-state index contributed by atoms with van der Waals surface area (Å²) in [5, 5.41) is 5.62. The van der Waals surface area contributed by atoms with E-state index < -0.39 is 0 Å². The van der Waals surface area contributed by atoms with Crippen molar-refractivity contribution < 1.29 is 0 Å². The number of nitrogens with zero attached hydrogens (tertiary/aromatic N) is 1. The fourth-order valence-corrected chi connectivity index (χ4v) is 1.96. The van der Waals surface area contributed by atoms with Crippen molar-refractivity contribution >= 4 is 40.7 Å². The van der Waals surface area contributed by atoms with Crippen molar-refractivity contribution in [3.05, 3.63) is 48.0 Å². The fraction of sp³-hybridized carbons (Fsp3) is 0.312. The number of aliphatic imine (C=N–C) groups is 1. The Bertz CT molecular complexity index is 566. The number of rotatable bonds is 5. The molecule has 0 saturated carbocycles. The number of fused-ring (bicyclic) bond motifs is 1. The van der Waals surface area contributed by atoms with E-state index in [9.17, 15) is 0 Å². The molecule has 0 radical (unpaired) electrons. The molecular formula is C16H22IN3. The summed E-state index contributed by atoms with van der Waals surface area (Å²) in [6.07, 6.45) is 2.27. The largest absolute Gasteiger partial charge is 0.370 e. The standard InChI is InChI=1S/C16H21N3.HI/c1-2-3-10-18-16(17)19-12-13-8-9-14-6-4-5-7-15(14)11-13;/h4-9,11H,2-3,10,12H2,1H3,(H3,17,18,19);1H. The highest BCUT2D eigenvalue weighted by molar-refractivity contribution is 14.0. The number of nitrogens with two attached hydrogens (primary N) is 1. The maximum Gasteiger partial charge on any atom is 0.188 e. The number of nitrogens with one attached hydrogen (secondary N) is 1. The Morgan fingerprint density at radius 3 is 2.65 bits per heavy atom. The molecule has 0 aliphatic carbocycles. The number of benzene rings is 2. The Labute approximate surface area is 137 Å². The minimum absolute atomic E-state index is 0. The third kappa shape index (κ3) is 5.00. The van der Waals surface area contributed by atoms with Crippen molar-refractivity contribution in [2.45, 2.75) is 26.3 Å². The first-order chi connectivity index (χ1) is 9.29. The predicted molar refractivity (Wildman–Crippen MR) is 97.6 cm³/mol. The normalized spacial score (nSPS) is 11.2. The van der Waals surface area contributed by atoms with Crippen molar-refractivity contribution in [3.63, 3.8) is 0 Å². The fourth-order valence-electron chi connectivity index (χ4n) is 1.96. The van der Waals surface area contributed by atoms with Crippen LogP contribution in [-0.4, -0.2) is 12.5 Å². The van der Waals surface area contributed by atoms with Crippen LogP contribution >= 0.6 is 24.0 Å². The summed E-state index contributed by atoms with van der Waals surface area (Å²) in [5.41, 5.74) is 6.99. The van der Waals surface area contributed by atoms with Crippen LogP contribution in [0.15, 0.2) is 47.5 Å². The summed E-state index contributed by atoms with van der Waals surface area (Å²) in [6, 6.07) is 14.7. The summed E-state index contributed by atoms with van der Waals surface area (Å²) in [4.78, 5) is 4.36. The highest BCUT2D eigenvalue weighted by atomic mass is 127. The van der Waals surface area contributed by atoms with Crippen LogP contribution in [-0.2, 0) is 6.54 Å². The van der Waals surface area contributed by atoms with Gasteiger partial charge in [0.25, 0.3) is 0 Å². The molecule has 0 unspecified atom stereocenters. The Balaban J connectivity index is 0.00000200. The molecule has 2 aromatic rings. The van der Waals surface area contributed by atoms with Gasteiger partial charge in [-0.15, -0.1) is 24.0 Å². The number of guanidine groups is 1. The first-order valence-electron chi connectivity index (χ1n) is 6.81. The minimum Gasteiger partial charge on any atom is -0.370 e. The second-order valence-corrected chi connectivity index (χ2v) is 4.66. The van der Waals surface area contributed by atoms with Crippen molar-refractivity contribution in [1.82, 2.24) is 5.32 Å². The highest BCUT2D eigenvalue weighted by Crippen LogP contribution is 2.15. The van der Waals surface area contributed by atoms with Gasteiger partial charge in [-0.1, -0.05) is 49.7 Å². The van der Waals surface area contributed by atoms with E-state index in [0.29, 0.717) is 12.5 Å². The molecule has 0 bridgehead atoms. The molecule has 0 aromatic heterocycles. The zero-order chi connectivity index (χ0) is 13.5. The van der Waals surface area contributed by atoms with Crippen LogP contribution in [0.25, 0.3) is 10.8 Å². The van der Waals surface area contributed by atoms with E-state index in [0.717, 1.165) is 19.4 Å². The summed E-state index contributed by atoms with van der Waals surface area (Å²) >= 11 is 0.